The number of ether oxygens (including phenoxy) is 1. The monoisotopic (exact) mass is 348 g/mol. The van der Waals surface area contributed by atoms with Gasteiger partial charge in [0.2, 0.25) is 0 Å². The largest absolute Gasteiger partial charge is 0.479 e. The van der Waals surface area contributed by atoms with Gasteiger partial charge in [-0.1, -0.05) is 23.7 Å². The van der Waals surface area contributed by atoms with Crippen molar-refractivity contribution in [3.05, 3.63) is 41.4 Å². The Balaban J connectivity index is 1.66. The fourth-order valence-corrected chi connectivity index (χ4v) is 3.27. The van der Waals surface area contributed by atoms with E-state index < -0.39 is 6.10 Å². The van der Waals surface area contributed by atoms with Crippen molar-refractivity contribution in [1.29, 1.82) is 0 Å². The third-order valence-corrected chi connectivity index (χ3v) is 4.65. The zero-order valence-electron chi connectivity index (χ0n) is 13.9. The first-order chi connectivity index (χ1) is 11.6. The predicted octanol–water partition coefficient (Wildman–Crippen LogP) is 2.64. The third kappa shape index (κ3) is 3.53. The molecule has 128 valence electrons. The number of carbonyl (C=O) groups excluding carboxylic acids is 1. The Morgan fingerprint density at radius 1 is 1.42 bits per heavy atom. The molecular formula is C17H21ClN4O2. The quantitative estimate of drug-likeness (QED) is 0.852. The number of aromatic nitrogens is 3. The van der Waals surface area contributed by atoms with Gasteiger partial charge in [-0.25, -0.2) is 0 Å². The maximum absolute atomic E-state index is 12.7. The van der Waals surface area contributed by atoms with Gasteiger partial charge in [0.05, 0.1) is 5.02 Å². The highest BCUT2D eigenvalue weighted by Gasteiger charge is 2.30. The number of nitrogens with zero attached hydrogens (tertiary/aromatic N) is 4. The molecule has 0 bridgehead atoms. The topological polar surface area (TPSA) is 60.2 Å². The smallest absolute Gasteiger partial charge is 0.263 e. The molecule has 3 rings (SSSR count). The maximum atomic E-state index is 12.7. The number of rotatable bonds is 4. The van der Waals surface area contributed by atoms with Gasteiger partial charge in [0.15, 0.2) is 6.10 Å². The number of hydrogen-bond acceptors (Lipinski definition) is 4. The van der Waals surface area contributed by atoms with Crippen LogP contribution in [-0.4, -0.2) is 44.8 Å². The lowest BCUT2D eigenvalue weighted by molar-refractivity contribution is -0.139. The summed E-state index contributed by atoms with van der Waals surface area (Å²) >= 11 is 6.10. The van der Waals surface area contributed by atoms with E-state index in [0.717, 1.165) is 25.2 Å². The zero-order valence-corrected chi connectivity index (χ0v) is 14.6. The van der Waals surface area contributed by atoms with E-state index in [1.807, 2.05) is 28.6 Å². The molecule has 1 aliphatic heterocycles. The highest BCUT2D eigenvalue weighted by atomic mass is 35.5. The predicted molar refractivity (Wildman–Crippen MR) is 91.1 cm³/mol. The lowest BCUT2D eigenvalue weighted by Gasteiger charge is -2.33. The van der Waals surface area contributed by atoms with Crippen LogP contribution in [0.15, 0.2) is 30.6 Å². The second-order valence-corrected chi connectivity index (χ2v) is 6.52. The molecule has 0 radical (unpaired) electrons. The van der Waals surface area contributed by atoms with Crippen molar-refractivity contribution in [3.63, 3.8) is 0 Å². The van der Waals surface area contributed by atoms with E-state index in [9.17, 15) is 4.79 Å². The number of likely N-dealkylation sites (tertiary alicyclic amines) is 1. The van der Waals surface area contributed by atoms with Gasteiger partial charge in [-0.2, -0.15) is 0 Å². The normalized spacial score (nSPS) is 19.1. The van der Waals surface area contributed by atoms with Crippen molar-refractivity contribution >= 4 is 17.5 Å². The van der Waals surface area contributed by atoms with Gasteiger partial charge in [-0.3, -0.25) is 4.79 Å². The van der Waals surface area contributed by atoms with E-state index in [1.165, 1.54) is 0 Å². The van der Waals surface area contributed by atoms with Gasteiger partial charge in [0, 0.05) is 26.1 Å². The van der Waals surface area contributed by atoms with Crippen molar-refractivity contribution in [3.8, 4) is 5.75 Å². The highest BCUT2D eigenvalue weighted by Crippen LogP contribution is 2.27. The molecule has 0 spiro atoms. The van der Waals surface area contributed by atoms with Crippen molar-refractivity contribution < 1.29 is 9.53 Å². The van der Waals surface area contributed by atoms with Crippen LogP contribution in [0.5, 0.6) is 5.75 Å². The number of halogens is 1. The van der Waals surface area contributed by atoms with Crippen molar-refractivity contribution in [2.24, 2.45) is 7.05 Å². The Morgan fingerprint density at radius 3 is 2.92 bits per heavy atom. The summed E-state index contributed by atoms with van der Waals surface area (Å²) in [7, 11) is 1.93. The molecule has 1 aromatic heterocycles. The number of aryl methyl sites for hydroxylation is 1. The van der Waals surface area contributed by atoms with Gasteiger partial charge >= 0.3 is 0 Å². The Labute approximate surface area is 146 Å². The van der Waals surface area contributed by atoms with Gasteiger partial charge in [0.25, 0.3) is 5.91 Å². The summed E-state index contributed by atoms with van der Waals surface area (Å²) in [6.07, 6.45) is 3.07. The molecule has 0 aliphatic carbocycles. The van der Waals surface area contributed by atoms with E-state index >= 15 is 0 Å². The SMILES string of the molecule is CC(Oc1ccccc1Cl)C(=O)N1CCCC(c2nncn2C)C1. The standard InChI is InChI=1S/C17H21ClN4O2/c1-12(24-15-8-4-3-7-14(15)18)17(23)22-9-5-6-13(10-22)16-20-19-11-21(16)2/h3-4,7-8,11-13H,5-6,9-10H2,1-2H3. The minimum absolute atomic E-state index is 0.0261. The van der Waals surface area contributed by atoms with Crippen LogP contribution in [0.25, 0.3) is 0 Å². The molecule has 7 heteroatoms. The van der Waals surface area contributed by atoms with Crippen molar-refractivity contribution in [2.45, 2.75) is 31.8 Å². The molecule has 2 unspecified atom stereocenters. The van der Waals surface area contributed by atoms with E-state index in [1.54, 1.807) is 25.4 Å². The number of para-hydroxylation sites is 1. The Morgan fingerprint density at radius 2 is 2.21 bits per heavy atom. The van der Waals surface area contributed by atoms with Crippen molar-refractivity contribution in [2.75, 3.05) is 13.1 Å². The molecule has 2 aromatic rings. The fourth-order valence-electron chi connectivity index (χ4n) is 3.09. The Bertz CT molecular complexity index is 718. The number of amides is 1. The summed E-state index contributed by atoms with van der Waals surface area (Å²) < 4.78 is 7.67. The van der Waals surface area contributed by atoms with Gasteiger partial charge in [-0.15, -0.1) is 10.2 Å². The van der Waals surface area contributed by atoms with Gasteiger partial charge in [-0.05, 0) is 31.9 Å². The van der Waals surface area contributed by atoms with Crippen LogP contribution < -0.4 is 4.74 Å². The molecule has 1 aromatic carbocycles. The molecule has 6 nitrogen and oxygen atoms in total. The Hall–Kier alpha value is -2.08. The first-order valence-corrected chi connectivity index (χ1v) is 8.48. The first kappa shape index (κ1) is 16.8. The molecule has 1 fully saturated rings. The average Bonchev–Trinajstić information content (AvgIpc) is 3.02. The second-order valence-electron chi connectivity index (χ2n) is 6.11. The maximum Gasteiger partial charge on any atom is 0.263 e. The molecule has 2 atom stereocenters. The molecule has 0 N–H and O–H groups in total. The number of hydrogen-bond donors (Lipinski definition) is 0. The summed E-state index contributed by atoms with van der Waals surface area (Å²) in [5.41, 5.74) is 0. The first-order valence-electron chi connectivity index (χ1n) is 8.10. The van der Waals surface area contributed by atoms with E-state index in [2.05, 4.69) is 10.2 Å². The number of benzene rings is 1. The van der Waals surface area contributed by atoms with Crippen LogP contribution in [0.4, 0.5) is 0 Å². The molecule has 24 heavy (non-hydrogen) atoms. The third-order valence-electron chi connectivity index (χ3n) is 4.33. The number of piperidine rings is 1. The van der Waals surface area contributed by atoms with Crippen molar-refractivity contribution in [1.82, 2.24) is 19.7 Å². The molecule has 2 heterocycles. The van der Waals surface area contributed by atoms with Crippen LogP contribution in [0.2, 0.25) is 5.02 Å². The zero-order chi connectivity index (χ0) is 17.1. The average molecular weight is 349 g/mol. The highest BCUT2D eigenvalue weighted by molar-refractivity contribution is 6.32. The van der Waals surface area contributed by atoms with Gasteiger partial charge < -0.3 is 14.2 Å². The van der Waals surface area contributed by atoms with Crippen LogP contribution in [0.3, 0.4) is 0 Å². The lowest BCUT2D eigenvalue weighted by Crippen LogP contribution is -2.45. The molecule has 1 aliphatic rings. The summed E-state index contributed by atoms with van der Waals surface area (Å²) in [4.78, 5) is 14.6. The minimum atomic E-state index is -0.580. The Kier molecular flexibility index (Phi) is 5.04. The minimum Gasteiger partial charge on any atom is -0.479 e. The number of carbonyl (C=O) groups is 1. The van der Waals surface area contributed by atoms with Crippen LogP contribution in [0.1, 0.15) is 31.5 Å². The summed E-state index contributed by atoms with van der Waals surface area (Å²) in [6.45, 7) is 3.14. The van der Waals surface area contributed by atoms with E-state index in [0.29, 0.717) is 17.3 Å². The molecule has 0 saturated carbocycles. The fraction of sp³-hybridized carbons (Fsp3) is 0.471. The van der Waals surface area contributed by atoms with Crippen LogP contribution in [0, 0.1) is 0 Å². The van der Waals surface area contributed by atoms with Gasteiger partial charge in [0.1, 0.15) is 17.9 Å². The molecular weight excluding hydrogens is 328 g/mol. The molecule has 1 saturated heterocycles. The van der Waals surface area contributed by atoms with Crippen LogP contribution >= 0.6 is 11.6 Å². The summed E-state index contributed by atoms with van der Waals surface area (Å²) in [5, 5.41) is 8.63. The summed E-state index contributed by atoms with van der Waals surface area (Å²) in [6, 6.07) is 7.19. The van der Waals surface area contributed by atoms with E-state index in [4.69, 9.17) is 16.3 Å². The summed E-state index contributed by atoms with van der Waals surface area (Å²) in [5.74, 6) is 1.64. The van der Waals surface area contributed by atoms with E-state index in [-0.39, 0.29) is 11.8 Å². The van der Waals surface area contributed by atoms with Crippen LogP contribution in [-0.2, 0) is 11.8 Å². The second kappa shape index (κ2) is 7.21. The molecule has 1 amide bonds. The lowest BCUT2D eigenvalue weighted by atomic mass is 9.97.